The van der Waals surface area contributed by atoms with Gasteiger partial charge in [0.1, 0.15) is 0 Å². The first kappa shape index (κ1) is 12.7. The molecule has 4 bridgehead atoms. The molecule has 4 aliphatic carbocycles. The van der Waals surface area contributed by atoms with Crippen molar-refractivity contribution in [3.05, 3.63) is 0 Å². The van der Waals surface area contributed by atoms with E-state index in [0.717, 1.165) is 30.7 Å². The molecule has 2 atom stereocenters. The average Bonchev–Trinajstić information content (AvgIpc) is 2.67. The summed E-state index contributed by atoms with van der Waals surface area (Å²) in [5, 5.41) is 0. The summed E-state index contributed by atoms with van der Waals surface area (Å²) >= 11 is 3.53. The molecule has 2 unspecified atom stereocenters. The number of carbonyl (C=O) groups excluding carboxylic acids is 1. The maximum absolute atomic E-state index is 12.3. The number of amides is 1. The summed E-state index contributed by atoms with van der Waals surface area (Å²) in [6.45, 7) is 3.31. The molecule has 1 saturated heterocycles. The van der Waals surface area contributed by atoms with Crippen LogP contribution in [0.5, 0.6) is 0 Å². The standard InChI is InChI=1S/C16H24BrNO/c1-10(18-3-2-14(17)15(18)19)16-7-11-4-12(8-16)6-13(5-11)9-16/h10-14H,2-9H2,1H3. The summed E-state index contributed by atoms with van der Waals surface area (Å²) in [6.07, 6.45) is 9.66. The van der Waals surface area contributed by atoms with Gasteiger partial charge in [0.25, 0.3) is 0 Å². The minimum absolute atomic E-state index is 0.0869. The van der Waals surface area contributed by atoms with E-state index in [0.29, 0.717) is 17.4 Å². The summed E-state index contributed by atoms with van der Waals surface area (Å²) in [5.74, 6) is 3.28. The summed E-state index contributed by atoms with van der Waals surface area (Å²) < 4.78 is 0. The van der Waals surface area contributed by atoms with E-state index in [1.807, 2.05) is 0 Å². The Balaban J connectivity index is 1.59. The van der Waals surface area contributed by atoms with Gasteiger partial charge >= 0.3 is 0 Å². The van der Waals surface area contributed by atoms with Crippen LogP contribution in [-0.2, 0) is 4.79 Å². The molecule has 106 valence electrons. The van der Waals surface area contributed by atoms with E-state index in [9.17, 15) is 4.79 Å². The first-order valence-electron chi connectivity index (χ1n) is 8.02. The highest BCUT2D eigenvalue weighted by molar-refractivity contribution is 9.10. The lowest BCUT2D eigenvalue weighted by atomic mass is 9.47. The smallest absolute Gasteiger partial charge is 0.236 e. The lowest BCUT2D eigenvalue weighted by Crippen LogP contribution is -2.56. The van der Waals surface area contributed by atoms with Crippen molar-refractivity contribution in [2.24, 2.45) is 23.2 Å². The molecule has 0 radical (unpaired) electrons. The van der Waals surface area contributed by atoms with Gasteiger partial charge < -0.3 is 4.90 Å². The molecule has 5 aliphatic rings. The van der Waals surface area contributed by atoms with E-state index in [4.69, 9.17) is 0 Å². The highest BCUT2D eigenvalue weighted by Crippen LogP contribution is 2.62. The highest BCUT2D eigenvalue weighted by Gasteiger charge is 2.55. The van der Waals surface area contributed by atoms with Crippen molar-refractivity contribution in [2.75, 3.05) is 6.54 Å². The lowest BCUT2D eigenvalue weighted by Gasteiger charge is -2.60. The topological polar surface area (TPSA) is 20.3 Å². The number of likely N-dealkylation sites (tertiary alicyclic amines) is 1. The first-order chi connectivity index (χ1) is 9.07. The van der Waals surface area contributed by atoms with Crippen LogP contribution < -0.4 is 0 Å². The summed E-state index contributed by atoms with van der Waals surface area (Å²) in [7, 11) is 0. The van der Waals surface area contributed by atoms with Gasteiger partial charge in [-0.2, -0.15) is 0 Å². The summed E-state index contributed by atoms with van der Waals surface area (Å²) in [6, 6.07) is 0.468. The predicted octanol–water partition coefficient (Wildman–Crippen LogP) is 3.59. The van der Waals surface area contributed by atoms with Crippen molar-refractivity contribution in [2.45, 2.75) is 62.7 Å². The largest absolute Gasteiger partial charge is 0.338 e. The van der Waals surface area contributed by atoms with E-state index < -0.39 is 0 Å². The molecule has 1 aliphatic heterocycles. The second-order valence-electron chi connectivity index (χ2n) is 7.74. The number of halogens is 1. The molecule has 5 rings (SSSR count). The van der Waals surface area contributed by atoms with Crippen molar-refractivity contribution in [1.82, 2.24) is 4.90 Å². The molecule has 1 amide bonds. The maximum Gasteiger partial charge on any atom is 0.236 e. The maximum atomic E-state index is 12.3. The molecule has 5 fully saturated rings. The average molecular weight is 326 g/mol. The van der Waals surface area contributed by atoms with Crippen LogP contribution in [0.4, 0.5) is 0 Å². The van der Waals surface area contributed by atoms with Crippen LogP contribution in [0.15, 0.2) is 0 Å². The van der Waals surface area contributed by atoms with E-state index in [1.165, 1.54) is 38.5 Å². The monoisotopic (exact) mass is 325 g/mol. The first-order valence-corrected chi connectivity index (χ1v) is 8.93. The molecule has 19 heavy (non-hydrogen) atoms. The SMILES string of the molecule is CC(N1CCC(Br)C1=O)C12CC3CC(CC(C3)C1)C2. The fourth-order valence-corrected chi connectivity index (χ4v) is 6.54. The van der Waals surface area contributed by atoms with Crippen molar-refractivity contribution < 1.29 is 4.79 Å². The van der Waals surface area contributed by atoms with E-state index in [1.54, 1.807) is 0 Å². The number of alkyl halides is 1. The zero-order chi connectivity index (χ0) is 13.2. The Morgan fingerprint density at radius 1 is 1.16 bits per heavy atom. The molecule has 3 heteroatoms. The minimum Gasteiger partial charge on any atom is -0.338 e. The fourth-order valence-electron chi connectivity index (χ4n) is 6.07. The van der Waals surface area contributed by atoms with Gasteiger partial charge in [-0.15, -0.1) is 0 Å². The van der Waals surface area contributed by atoms with Gasteiger partial charge in [-0.25, -0.2) is 0 Å². The number of hydrogen-bond acceptors (Lipinski definition) is 1. The van der Waals surface area contributed by atoms with Crippen LogP contribution in [0, 0.1) is 23.2 Å². The third-order valence-corrected chi connectivity index (χ3v) is 7.46. The van der Waals surface area contributed by atoms with Gasteiger partial charge in [0.05, 0.1) is 4.83 Å². The second-order valence-corrected chi connectivity index (χ2v) is 8.85. The van der Waals surface area contributed by atoms with Gasteiger partial charge in [-0.3, -0.25) is 4.79 Å². The quantitative estimate of drug-likeness (QED) is 0.710. The van der Waals surface area contributed by atoms with Crippen molar-refractivity contribution in [1.29, 1.82) is 0 Å². The van der Waals surface area contributed by atoms with Crippen molar-refractivity contribution in [3.63, 3.8) is 0 Å². The van der Waals surface area contributed by atoms with E-state index in [2.05, 4.69) is 27.8 Å². The van der Waals surface area contributed by atoms with E-state index >= 15 is 0 Å². The fraction of sp³-hybridized carbons (Fsp3) is 0.938. The van der Waals surface area contributed by atoms with Crippen LogP contribution in [0.25, 0.3) is 0 Å². The van der Waals surface area contributed by atoms with Gasteiger partial charge in [0.15, 0.2) is 0 Å². The van der Waals surface area contributed by atoms with Crippen LogP contribution in [0.2, 0.25) is 0 Å². The summed E-state index contributed by atoms with van der Waals surface area (Å²) in [4.78, 5) is 14.6. The Kier molecular flexibility index (Phi) is 2.82. The Morgan fingerprint density at radius 3 is 2.11 bits per heavy atom. The molecule has 4 saturated carbocycles. The number of nitrogens with zero attached hydrogens (tertiary/aromatic N) is 1. The number of carbonyl (C=O) groups is 1. The van der Waals surface area contributed by atoms with Gasteiger partial charge in [0.2, 0.25) is 5.91 Å². The normalized spacial score (nSPS) is 50.0. The predicted molar refractivity (Wildman–Crippen MR) is 79.1 cm³/mol. The van der Waals surface area contributed by atoms with E-state index in [-0.39, 0.29) is 4.83 Å². The Morgan fingerprint density at radius 2 is 1.68 bits per heavy atom. The number of hydrogen-bond donors (Lipinski definition) is 0. The molecule has 0 aromatic rings. The lowest BCUT2D eigenvalue weighted by molar-refractivity contribution is -0.139. The van der Waals surface area contributed by atoms with Gasteiger partial charge in [-0.1, -0.05) is 15.9 Å². The zero-order valence-corrected chi connectivity index (χ0v) is 13.4. The van der Waals surface area contributed by atoms with Gasteiger partial charge in [0, 0.05) is 12.6 Å². The third-order valence-electron chi connectivity index (χ3n) is 6.61. The van der Waals surface area contributed by atoms with Crippen molar-refractivity contribution in [3.8, 4) is 0 Å². The molecule has 1 heterocycles. The summed E-state index contributed by atoms with van der Waals surface area (Å²) in [5.41, 5.74) is 0.474. The molecule has 0 aromatic heterocycles. The minimum atomic E-state index is 0.0869. The van der Waals surface area contributed by atoms with Gasteiger partial charge in [-0.05, 0) is 75.0 Å². The Labute approximate surface area is 124 Å². The Hall–Kier alpha value is -0.0500. The molecule has 0 aromatic carbocycles. The molecule has 2 nitrogen and oxygen atoms in total. The molecular weight excluding hydrogens is 302 g/mol. The second kappa shape index (κ2) is 4.22. The highest BCUT2D eigenvalue weighted by atomic mass is 79.9. The zero-order valence-electron chi connectivity index (χ0n) is 11.8. The molecular formula is C16H24BrNO. The van der Waals surface area contributed by atoms with Crippen LogP contribution in [-0.4, -0.2) is 28.2 Å². The molecule has 0 spiro atoms. The van der Waals surface area contributed by atoms with Crippen LogP contribution in [0.3, 0.4) is 0 Å². The van der Waals surface area contributed by atoms with Crippen LogP contribution >= 0.6 is 15.9 Å². The third kappa shape index (κ3) is 1.83. The van der Waals surface area contributed by atoms with Crippen LogP contribution in [0.1, 0.15) is 51.9 Å². The number of rotatable bonds is 2. The Bertz CT molecular complexity index is 372. The molecule has 0 N–H and O–H groups in total. The van der Waals surface area contributed by atoms with Crippen molar-refractivity contribution >= 4 is 21.8 Å².